The van der Waals surface area contributed by atoms with Gasteiger partial charge in [-0.25, -0.2) is 9.59 Å². The molecule has 1 rings (SSSR count). The Balaban J connectivity index is 0.000000956. The Labute approximate surface area is 169 Å². The van der Waals surface area contributed by atoms with Crippen molar-refractivity contribution in [1.82, 2.24) is 10.6 Å². The van der Waals surface area contributed by atoms with Gasteiger partial charge in [0.15, 0.2) is 0 Å². The van der Waals surface area contributed by atoms with Crippen LogP contribution in [-0.2, 0) is 20.9 Å². The molecule has 0 fully saturated rings. The predicted molar refractivity (Wildman–Crippen MR) is 101 cm³/mol. The van der Waals surface area contributed by atoms with E-state index in [0.717, 1.165) is 11.3 Å². The number of amides is 1. The van der Waals surface area contributed by atoms with Crippen LogP contribution in [0, 0.1) is 0 Å². The lowest BCUT2D eigenvalue weighted by Gasteiger charge is -2.14. The molecule has 0 saturated carbocycles. The van der Waals surface area contributed by atoms with Crippen molar-refractivity contribution in [3.8, 4) is 5.75 Å². The van der Waals surface area contributed by atoms with Gasteiger partial charge in [0.2, 0.25) is 5.91 Å². The van der Waals surface area contributed by atoms with Gasteiger partial charge in [0.1, 0.15) is 11.8 Å². The van der Waals surface area contributed by atoms with Crippen molar-refractivity contribution in [3.63, 3.8) is 0 Å². The van der Waals surface area contributed by atoms with Crippen LogP contribution in [-0.4, -0.2) is 65.9 Å². The summed E-state index contributed by atoms with van der Waals surface area (Å²) in [6.45, 7) is 0.529. The number of rotatable bonds is 10. The summed E-state index contributed by atoms with van der Waals surface area (Å²) >= 11 is 1.55. The van der Waals surface area contributed by atoms with Crippen LogP contribution in [0.1, 0.15) is 12.0 Å². The molecule has 164 valence electrons. The maximum absolute atomic E-state index is 11.8. The number of para-hydroxylation sites is 1. The molecule has 0 radical (unpaired) electrons. The molecule has 0 aliphatic carbocycles. The third-order valence-electron chi connectivity index (χ3n) is 3.28. The van der Waals surface area contributed by atoms with Gasteiger partial charge >= 0.3 is 18.1 Å². The topological polar surface area (TPSA) is 125 Å². The summed E-state index contributed by atoms with van der Waals surface area (Å²) in [4.78, 5) is 31.7. The molecular formula is C17H23F3N2O6S. The second-order valence-corrected chi connectivity index (χ2v) is 6.44. The second kappa shape index (κ2) is 13.7. The van der Waals surface area contributed by atoms with Gasteiger partial charge in [0.05, 0.1) is 13.7 Å². The van der Waals surface area contributed by atoms with Crippen LogP contribution in [0.4, 0.5) is 13.2 Å². The zero-order valence-corrected chi connectivity index (χ0v) is 16.6. The molecule has 1 atom stereocenters. The Hall–Kier alpha value is -2.47. The largest absolute Gasteiger partial charge is 0.496 e. The van der Waals surface area contributed by atoms with Crippen LogP contribution in [0.2, 0.25) is 0 Å². The number of carboxylic acid groups (broad SMARTS) is 2. The minimum absolute atomic E-state index is 0.0566. The van der Waals surface area contributed by atoms with Crippen molar-refractivity contribution in [1.29, 1.82) is 0 Å². The van der Waals surface area contributed by atoms with E-state index in [9.17, 15) is 22.8 Å². The standard InChI is InChI=1S/C15H22N2O4S.C2HF3O2/c1-21-13-6-4-3-5-11(13)9-16-10-14(18)17-12(15(19)20)7-8-22-2;3-2(4,5)1(6)7/h3-6,12,16H,7-10H2,1-2H3,(H,17,18)(H,19,20);(H,6,7)/t12-;/m0./s1. The number of carboxylic acids is 2. The van der Waals surface area contributed by atoms with Gasteiger partial charge < -0.3 is 25.6 Å². The van der Waals surface area contributed by atoms with E-state index in [0.29, 0.717) is 18.7 Å². The predicted octanol–water partition coefficient (Wildman–Crippen LogP) is 1.74. The fourth-order valence-corrected chi connectivity index (χ4v) is 2.37. The first kappa shape index (κ1) is 26.5. The number of hydrogen-bond donors (Lipinski definition) is 4. The average molecular weight is 440 g/mol. The third kappa shape index (κ3) is 11.9. The van der Waals surface area contributed by atoms with E-state index >= 15 is 0 Å². The molecule has 1 aromatic carbocycles. The first-order valence-electron chi connectivity index (χ1n) is 8.16. The lowest BCUT2D eigenvalue weighted by atomic mass is 10.2. The molecular weight excluding hydrogens is 417 g/mol. The van der Waals surface area contributed by atoms with Gasteiger partial charge in [-0.2, -0.15) is 24.9 Å². The highest BCUT2D eigenvalue weighted by Crippen LogP contribution is 2.16. The van der Waals surface area contributed by atoms with E-state index in [1.165, 1.54) is 0 Å². The molecule has 1 amide bonds. The minimum Gasteiger partial charge on any atom is -0.496 e. The third-order valence-corrected chi connectivity index (χ3v) is 3.92. The molecule has 0 saturated heterocycles. The van der Waals surface area contributed by atoms with Crippen molar-refractivity contribution in [2.75, 3.05) is 25.7 Å². The average Bonchev–Trinajstić information content (AvgIpc) is 2.65. The van der Waals surface area contributed by atoms with Crippen LogP contribution in [0.25, 0.3) is 0 Å². The van der Waals surface area contributed by atoms with Crippen LogP contribution in [0.5, 0.6) is 5.75 Å². The van der Waals surface area contributed by atoms with Gasteiger partial charge in [-0.15, -0.1) is 0 Å². The quantitative estimate of drug-likeness (QED) is 0.434. The lowest BCUT2D eigenvalue weighted by Crippen LogP contribution is -2.44. The molecule has 12 heteroatoms. The van der Waals surface area contributed by atoms with E-state index in [4.69, 9.17) is 19.7 Å². The van der Waals surface area contributed by atoms with Gasteiger partial charge in [-0.05, 0) is 24.5 Å². The number of methoxy groups -OCH3 is 1. The summed E-state index contributed by atoms with van der Waals surface area (Å²) in [5.41, 5.74) is 0.940. The number of nitrogens with one attached hydrogen (secondary N) is 2. The number of carbonyl (C=O) groups is 3. The molecule has 0 heterocycles. The smallest absolute Gasteiger partial charge is 0.490 e. The van der Waals surface area contributed by atoms with Crippen LogP contribution >= 0.6 is 11.8 Å². The lowest BCUT2D eigenvalue weighted by molar-refractivity contribution is -0.192. The fourth-order valence-electron chi connectivity index (χ4n) is 1.90. The molecule has 1 aromatic rings. The van der Waals surface area contributed by atoms with E-state index in [1.807, 2.05) is 30.5 Å². The molecule has 0 bridgehead atoms. The summed E-state index contributed by atoms with van der Waals surface area (Å²) in [5, 5.41) is 21.7. The molecule has 8 nitrogen and oxygen atoms in total. The number of carbonyl (C=O) groups excluding carboxylic acids is 1. The second-order valence-electron chi connectivity index (χ2n) is 5.46. The molecule has 0 aliphatic heterocycles. The van der Waals surface area contributed by atoms with Gasteiger partial charge in [-0.1, -0.05) is 18.2 Å². The Morgan fingerprint density at radius 1 is 1.21 bits per heavy atom. The summed E-state index contributed by atoms with van der Waals surface area (Å²) in [5.74, 6) is -2.66. The Bertz CT molecular complexity index is 673. The molecule has 0 aromatic heterocycles. The first-order chi connectivity index (χ1) is 13.5. The van der Waals surface area contributed by atoms with E-state index in [2.05, 4.69) is 10.6 Å². The summed E-state index contributed by atoms with van der Waals surface area (Å²) in [7, 11) is 1.59. The molecule has 4 N–H and O–H groups in total. The zero-order valence-electron chi connectivity index (χ0n) is 15.8. The number of ether oxygens (including phenoxy) is 1. The van der Waals surface area contributed by atoms with E-state index in [1.54, 1.807) is 18.9 Å². The van der Waals surface area contributed by atoms with Gasteiger partial charge in [-0.3, -0.25) is 4.79 Å². The van der Waals surface area contributed by atoms with Crippen LogP contribution in [0.15, 0.2) is 24.3 Å². The van der Waals surface area contributed by atoms with Crippen molar-refractivity contribution in [2.24, 2.45) is 0 Å². The van der Waals surface area contributed by atoms with Gasteiger partial charge in [0.25, 0.3) is 0 Å². The Morgan fingerprint density at radius 2 is 1.79 bits per heavy atom. The molecule has 0 unspecified atom stereocenters. The van der Waals surface area contributed by atoms with E-state index < -0.39 is 24.2 Å². The molecule has 29 heavy (non-hydrogen) atoms. The van der Waals surface area contributed by atoms with Crippen molar-refractivity contribution in [3.05, 3.63) is 29.8 Å². The number of halogens is 3. The van der Waals surface area contributed by atoms with Crippen molar-refractivity contribution < 1.29 is 42.5 Å². The SMILES string of the molecule is COc1ccccc1CNCC(=O)N[C@@H](CCSC)C(=O)O.O=C(O)C(F)(F)F. The Morgan fingerprint density at radius 3 is 2.28 bits per heavy atom. The summed E-state index contributed by atoms with van der Waals surface area (Å²) in [6.07, 6.45) is -2.77. The number of benzene rings is 1. The highest BCUT2D eigenvalue weighted by atomic mass is 32.2. The minimum atomic E-state index is -5.08. The maximum Gasteiger partial charge on any atom is 0.490 e. The molecule has 0 spiro atoms. The highest BCUT2D eigenvalue weighted by molar-refractivity contribution is 7.98. The first-order valence-corrected chi connectivity index (χ1v) is 9.56. The Kier molecular flexibility index (Phi) is 12.5. The molecule has 0 aliphatic rings. The zero-order chi connectivity index (χ0) is 22.4. The van der Waals surface area contributed by atoms with Crippen molar-refractivity contribution in [2.45, 2.75) is 25.2 Å². The highest BCUT2D eigenvalue weighted by Gasteiger charge is 2.38. The van der Waals surface area contributed by atoms with Crippen molar-refractivity contribution >= 4 is 29.6 Å². The number of alkyl halides is 3. The number of hydrogen-bond acceptors (Lipinski definition) is 6. The number of aliphatic carboxylic acids is 2. The monoisotopic (exact) mass is 440 g/mol. The van der Waals surface area contributed by atoms with Gasteiger partial charge in [0, 0.05) is 12.1 Å². The summed E-state index contributed by atoms with van der Waals surface area (Å²) < 4.78 is 37.0. The fraction of sp³-hybridized carbons (Fsp3) is 0.471. The van der Waals surface area contributed by atoms with Crippen LogP contribution in [0.3, 0.4) is 0 Å². The number of thioether (sulfide) groups is 1. The maximum atomic E-state index is 11.8. The normalized spacial score (nSPS) is 11.6. The summed E-state index contributed by atoms with van der Waals surface area (Å²) in [6, 6.07) is 6.68. The van der Waals surface area contributed by atoms with E-state index in [-0.39, 0.29) is 12.5 Å². The van der Waals surface area contributed by atoms with Crippen LogP contribution < -0.4 is 15.4 Å².